The molecule has 144 valence electrons. The second kappa shape index (κ2) is 7.02. The van der Waals surface area contributed by atoms with Crippen LogP contribution in [0, 0.1) is 17.0 Å². The lowest BCUT2D eigenvalue weighted by Crippen LogP contribution is -2.37. The van der Waals surface area contributed by atoms with Gasteiger partial charge in [-0.3, -0.25) is 13.9 Å². The Hall–Kier alpha value is -2.89. The number of fused-ring (bicyclic) bond motifs is 1. The van der Waals surface area contributed by atoms with E-state index in [0.29, 0.717) is 41.0 Å². The van der Waals surface area contributed by atoms with E-state index in [1.165, 1.54) is 34.1 Å². The molecule has 0 aromatic carbocycles. The maximum Gasteiger partial charge on any atom is 0.342 e. The van der Waals surface area contributed by atoms with Gasteiger partial charge in [0.15, 0.2) is 22.1 Å². The summed E-state index contributed by atoms with van der Waals surface area (Å²) in [6.07, 6.45) is 1.24. The first-order valence-corrected chi connectivity index (χ1v) is 9.22. The molecule has 27 heavy (non-hydrogen) atoms. The molecule has 0 saturated heterocycles. The third-order valence-corrected chi connectivity index (χ3v) is 5.35. The van der Waals surface area contributed by atoms with Gasteiger partial charge in [-0.05, 0) is 11.8 Å². The Bertz CT molecular complexity index is 1150. The highest BCUT2D eigenvalue weighted by atomic mass is 32.2. The number of hydrogen-bond donors (Lipinski definition) is 0. The highest BCUT2D eigenvalue weighted by Gasteiger charge is 2.20. The Morgan fingerprint density at radius 3 is 2.56 bits per heavy atom. The van der Waals surface area contributed by atoms with Crippen LogP contribution in [0.4, 0.5) is 5.82 Å². The third-order valence-electron chi connectivity index (χ3n) is 4.40. The average molecular weight is 393 g/mol. The molecule has 0 radical (unpaired) electrons. The lowest BCUT2D eigenvalue weighted by molar-refractivity contribution is -0.392. The van der Waals surface area contributed by atoms with Crippen molar-refractivity contribution in [3.05, 3.63) is 43.0 Å². The van der Waals surface area contributed by atoms with E-state index >= 15 is 0 Å². The highest BCUT2D eigenvalue weighted by Crippen LogP contribution is 2.23. The van der Waals surface area contributed by atoms with Crippen LogP contribution in [0.5, 0.6) is 0 Å². The van der Waals surface area contributed by atoms with Gasteiger partial charge in [-0.1, -0.05) is 11.8 Å². The molecule has 11 nitrogen and oxygen atoms in total. The fraction of sp³-hybridized carbons (Fsp3) is 0.467. The molecule has 0 saturated carbocycles. The van der Waals surface area contributed by atoms with E-state index in [0.717, 1.165) is 4.57 Å². The predicted octanol–water partition coefficient (Wildman–Crippen LogP) is 0.659. The Morgan fingerprint density at radius 2 is 1.93 bits per heavy atom. The van der Waals surface area contributed by atoms with Crippen LogP contribution in [0.2, 0.25) is 0 Å². The number of nitro groups is 1. The summed E-state index contributed by atoms with van der Waals surface area (Å²) in [6, 6.07) is 0. The standard InChI is InChI=1S/C15H19N7O4S/c1-5-20-11-12(18(3)15(24)19(4)13(11)23)17-14(20)27-7-6-21-9(2)16-8-10(21)22(25)26/h8H,5-7H2,1-4H3. The zero-order valence-electron chi connectivity index (χ0n) is 15.4. The van der Waals surface area contributed by atoms with Crippen LogP contribution < -0.4 is 11.2 Å². The minimum absolute atomic E-state index is 0.0617. The van der Waals surface area contributed by atoms with Crippen molar-refractivity contribution in [3.8, 4) is 0 Å². The smallest absolute Gasteiger partial charge is 0.342 e. The number of rotatable bonds is 6. The zero-order valence-corrected chi connectivity index (χ0v) is 16.2. The van der Waals surface area contributed by atoms with Crippen molar-refractivity contribution < 1.29 is 4.92 Å². The summed E-state index contributed by atoms with van der Waals surface area (Å²) in [5, 5.41) is 11.7. The molecule has 0 spiro atoms. The number of hydrogen-bond acceptors (Lipinski definition) is 7. The Labute approximate surface area is 157 Å². The largest absolute Gasteiger partial charge is 0.358 e. The molecule has 0 aliphatic carbocycles. The topological polar surface area (TPSA) is 123 Å². The van der Waals surface area contributed by atoms with Gasteiger partial charge in [0.1, 0.15) is 12.7 Å². The van der Waals surface area contributed by atoms with Crippen LogP contribution in [0.15, 0.2) is 20.9 Å². The van der Waals surface area contributed by atoms with Gasteiger partial charge in [-0.15, -0.1) is 0 Å². The lowest BCUT2D eigenvalue weighted by atomic mass is 10.5. The molecule has 0 fully saturated rings. The summed E-state index contributed by atoms with van der Waals surface area (Å²) in [5.74, 6) is 0.992. The van der Waals surface area contributed by atoms with Crippen molar-refractivity contribution >= 4 is 28.7 Å². The fourth-order valence-electron chi connectivity index (χ4n) is 2.94. The molecule has 3 rings (SSSR count). The molecule has 0 amide bonds. The van der Waals surface area contributed by atoms with E-state index in [9.17, 15) is 19.7 Å². The minimum atomic E-state index is -0.467. The van der Waals surface area contributed by atoms with Crippen molar-refractivity contribution in [1.29, 1.82) is 0 Å². The summed E-state index contributed by atoms with van der Waals surface area (Å²) >= 11 is 1.37. The number of nitrogens with zero attached hydrogens (tertiary/aromatic N) is 7. The number of aromatic nitrogens is 6. The summed E-state index contributed by atoms with van der Waals surface area (Å²) in [4.78, 5) is 43.7. The first-order valence-electron chi connectivity index (χ1n) is 8.23. The van der Waals surface area contributed by atoms with Crippen molar-refractivity contribution in [2.24, 2.45) is 14.1 Å². The molecular weight excluding hydrogens is 374 g/mol. The first kappa shape index (κ1) is 18.9. The van der Waals surface area contributed by atoms with E-state index < -0.39 is 16.2 Å². The van der Waals surface area contributed by atoms with Crippen LogP contribution in [0.1, 0.15) is 12.7 Å². The van der Waals surface area contributed by atoms with Crippen molar-refractivity contribution in [2.75, 3.05) is 5.75 Å². The second-order valence-corrected chi connectivity index (χ2v) is 7.00. The second-order valence-electron chi connectivity index (χ2n) is 5.94. The van der Waals surface area contributed by atoms with E-state index in [2.05, 4.69) is 9.97 Å². The molecule has 0 bridgehead atoms. The molecule has 0 N–H and O–H groups in total. The monoisotopic (exact) mass is 393 g/mol. The van der Waals surface area contributed by atoms with Gasteiger partial charge in [0, 0.05) is 33.3 Å². The first-order chi connectivity index (χ1) is 12.8. The highest BCUT2D eigenvalue weighted by molar-refractivity contribution is 7.99. The molecule has 3 aromatic heterocycles. The summed E-state index contributed by atoms with van der Waals surface area (Å²) in [7, 11) is 3.01. The van der Waals surface area contributed by atoms with Gasteiger partial charge in [0.25, 0.3) is 5.56 Å². The lowest BCUT2D eigenvalue weighted by Gasteiger charge is -2.06. The molecule has 3 heterocycles. The van der Waals surface area contributed by atoms with Crippen molar-refractivity contribution in [1.82, 2.24) is 28.2 Å². The molecule has 0 atom stereocenters. The van der Waals surface area contributed by atoms with Gasteiger partial charge in [-0.2, -0.15) is 0 Å². The zero-order chi connectivity index (χ0) is 19.9. The van der Waals surface area contributed by atoms with Gasteiger partial charge in [-0.25, -0.2) is 19.3 Å². The SMILES string of the molecule is CCn1c(SCCn2c([N+](=O)[O-])cnc2C)nc2c1c(=O)n(C)c(=O)n2C. The van der Waals surface area contributed by atoms with Gasteiger partial charge in [0.2, 0.25) is 0 Å². The van der Waals surface area contributed by atoms with Crippen molar-refractivity contribution in [2.45, 2.75) is 32.1 Å². The predicted molar refractivity (Wildman–Crippen MR) is 100 cm³/mol. The number of imidazole rings is 2. The minimum Gasteiger partial charge on any atom is -0.358 e. The average Bonchev–Trinajstić information content (AvgIpc) is 3.19. The van der Waals surface area contributed by atoms with Crippen LogP contribution in [-0.4, -0.2) is 38.9 Å². The van der Waals surface area contributed by atoms with Crippen molar-refractivity contribution in [3.63, 3.8) is 0 Å². The fourth-order valence-corrected chi connectivity index (χ4v) is 3.92. The normalized spacial score (nSPS) is 11.4. The van der Waals surface area contributed by atoms with E-state index in [4.69, 9.17) is 0 Å². The van der Waals surface area contributed by atoms with Crippen LogP contribution in [-0.2, 0) is 27.2 Å². The number of thioether (sulfide) groups is 1. The quantitative estimate of drug-likeness (QED) is 0.342. The van der Waals surface area contributed by atoms with Gasteiger partial charge < -0.3 is 14.7 Å². The summed E-state index contributed by atoms with van der Waals surface area (Å²) in [6.45, 7) is 4.48. The maximum absolute atomic E-state index is 12.5. The number of aryl methyl sites for hydroxylation is 3. The van der Waals surface area contributed by atoms with Gasteiger partial charge >= 0.3 is 11.5 Å². The van der Waals surface area contributed by atoms with E-state index in [1.54, 1.807) is 18.5 Å². The Morgan fingerprint density at radius 1 is 1.22 bits per heavy atom. The van der Waals surface area contributed by atoms with Crippen LogP contribution in [0.25, 0.3) is 11.2 Å². The van der Waals surface area contributed by atoms with Crippen LogP contribution in [0.3, 0.4) is 0 Å². The third kappa shape index (κ3) is 3.05. The Kier molecular flexibility index (Phi) is 4.91. The molecule has 0 aliphatic rings. The Balaban J connectivity index is 1.95. The molecule has 12 heteroatoms. The molecule has 0 aliphatic heterocycles. The van der Waals surface area contributed by atoms with E-state index in [1.807, 2.05) is 6.92 Å². The van der Waals surface area contributed by atoms with Crippen LogP contribution >= 0.6 is 11.8 Å². The van der Waals surface area contributed by atoms with E-state index in [-0.39, 0.29) is 5.82 Å². The maximum atomic E-state index is 12.5. The molecular formula is C15H19N7O4S. The molecule has 3 aromatic rings. The van der Waals surface area contributed by atoms with Gasteiger partial charge in [0.05, 0.1) is 0 Å². The summed E-state index contributed by atoms with van der Waals surface area (Å²) in [5.41, 5.74) is -0.128. The molecule has 0 unspecified atom stereocenters. The summed E-state index contributed by atoms with van der Waals surface area (Å²) < 4.78 is 5.69.